The van der Waals surface area contributed by atoms with Crippen LogP contribution in [0, 0.1) is 11.7 Å². The molecule has 1 atom stereocenters. The Labute approximate surface area is 121 Å². The first kappa shape index (κ1) is 13.0. The van der Waals surface area contributed by atoms with Crippen LogP contribution in [0.4, 0.5) is 9.52 Å². The number of hydrogen-bond donors (Lipinski definition) is 1. The van der Waals surface area contributed by atoms with E-state index < -0.39 is 0 Å². The summed E-state index contributed by atoms with van der Waals surface area (Å²) in [6.45, 7) is 1.08. The van der Waals surface area contributed by atoms with Crippen molar-refractivity contribution in [2.75, 3.05) is 18.0 Å². The van der Waals surface area contributed by atoms with Gasteiger partial charge in [-0.2, -0.15) is 0 Å². The molecule has 0 saturated carbocycles. The number of fused-ring (bicyclic) bond motifs is 1. The smallest absolute Gasteiger partial charge is 0.229 e. The Morgan fingerprint density at radius 3 is 3.05 bits per heavy atom. The molecule has 0 bridgehead atoms. The molecule has 2 heterocycles. The summed E-state index contributed by atoms with van der Waals surface area (Å²) >= 11 is 4.61. The monoisotopic (exact) mass is 343 g/mol. The van der Waals surface area contributed by atoms with Crippen molar-refractivity contribution < 1.29 is 9.18 Å². The minimum Gasteiger partial charge on any atom is -0.330 e. The van der Waals surface area contributed by atoms with Gasteiger partial charge in [-0.25, -0.2) is 9.37 Å². The van der Waals surface area contributed by atoms with Crippen molar-refractivity contribution in [2.24, 2.45) is 11.7 Å². The van der Waals surface area contributed by atoms with Gasteiger partial charge in [0.25, 0.3) is 0 Å². The van der Waals surface area contributed by atoms with Crippen molar-refractivity contribution in [3.05, 3.63) is 22.4 Å². The number of rotatable bonds is 2. The Morgan fingerprint density at radius 2 is 2.37 bits per heavy atom. The minimum absolute atomic E-state index is 0.0334. The molecule has 2 aromatic rings. The van der Waals surface area contributed by atoms with Gasteiger partial charge < -0.3 is 5.73 Å². The van der Waals surface area contributed by atoms with E-state index in [4.69, 9.17) is 5.73 Å². The average molecular weight is 344 g/mol. The summed E-state index contributed by atoms with van der Waals surface area (Å²) in [6, 6.07) is 2.81. The number of nitrogens with two attached hydrogens (primary N) is 1. The Hall–Kier alpha value is -1.05. The first-order valence-electron chi connectivity index (χ1n) is 5.84. The summed E-state index contributed by atoms with van der Waals surface area (Å²) in [5, 5.41) is 0.613. The highest BCUT2D eigenvalue weighted by molar-refractivity contribution is 9.10. The van der Waals surface area contributed by atoms with E-state index in [2.05, 4.69) is 20.9 Å². The fourth-order valence-electron chi connectivity index (χ4n) is 2.19. The van der Waals surface area contributed by atoms with Crippen molar-refractivity contribution >= 4 is 48.5 Å². The molecule has 1 aliphatic rings. The third-order valence-corrected chi connectivity index (χ3v) is 4.80. The van der Waals surface area contributed by atoms with Crippen molar-refractivity contribution in [3.63, 3.8) is 0 Å². The second-order valence-electron chi connectivity index (χ2n) is 4.54. The van der Waals surface area contributed by atoms with Crippen LogP contribution in [0.1, 0.15) is 6.42 Å². The van der Waals surface area contributed by atoms with E-state index in [9.17, 15) is 9.18 Å². The molecule has 7 heteroatoms. The molecule has 19 heavy (non-hydrogen) atoms. The molecule has 3 rings (SSSR count). The maximum atomic E-state index is 13.3. The van der Waals surface area contributed by atoms with Crippen LogP contribution in [0.25, 0.3) is 10.2 Å². The van der Waals surface area contributed by atoms with Gasteiger partial charge in [-0.15, -0.1) is 0 Å². The quantitative estimate of drug-likeness (QED) is 0.911. The van der Waals surface area contributed by atoms with E-state index in [1.165, 1.54) is 23.5 Å². The lowest BCUT2D eigenvalue weighted by Gasteiger charge is -2.11. The first-order chi connectivity index (χ1) is 9.08. The molecule has 2 N–H and O–H groups in total. The summed E-state index contributed by atoms with van der Waals surface area (Å²) in [5.74, 6) is -0.104. The van der Waals surface area contributed by atoms with E-state index in [1.807, 2.05) is 0 Å². The molecule has 1 aliphatic heterocycles. The maximum Gasteiger partial charge on any atom is 0.229 e. The van der Waals surface area contributed by atoms with Gasteiger partial charge in [0.15, 0.2) is 5.13 Å². The van der Waals surface area contributed by atoms with Crippen LogP contribution in [0.5, 0.6) is 0 Å². The second kappa shape index (κ2) is 4.81. The lowest BCUT2D eigenvalue weighted by molar-refractivity contribution is -0.117. The van der Waals surface area contributed by atoms with Gasteiger partial charge in [-0.3, -0.25) is 9.69 Å². The standard InChI is InChI=1S/C12H11BrFN3OS/c13-8-2-7(14)3-9-11(8)16-12(19-9)17-5-6(4-15)1-10(17)18/h2-3,6H,1,4-5,15H2. The van der Waals surface area contributed by atoms with E-state index in [-0.39, 0.29) is 17.6 Å². The topological polar surface area (TPSA) is 59.2 Å². The largest absolute Gasteiger partial charge is 0.330 e. The van der Waals surface area contributed by atoms with Crippen LogP contribution in [0.15, 0.2) is 16.6 Å². The van der Waals surface area contributed by atoms with Gasteiger partial charge in [-0.05, 0) is 40.5 Å². The third-order valence-electron chi connectivity index (χ3n) is 3.17. The molecule has 0 aliphatic carbocycles. The van der Waals surface area contributed by atoms with Crippen LogP contribution >= 0.6 is 27.3 Å². The van der Waals surface area contributed by atoms with Crippen LogP contribution in [0.2, 0.25) is 0 Å². The Balaban J connectivity index is 2.02. The van der Waals surface area contributed by atoms with Crippen molar-refractivity contribution in [1.82, 2.24) is 4.98 Å². The Bertz CT molecular complexity index is 660. The van der Waals surface area contributed by atoms with E-state index in [0.717, 1.165) is 4.70 Å². The minimum atomic E-state index is -0.317. The molecule has 0 spiro atoms. The lowest BCUT2D eigenvalue weighted by atomic mass is 10.1. The van der Waals surface area contributed by atoms with Crippen molar-refractivity contribution in [1.29, 1.82) is 0 Å². The van der Waals surface area contributed by atoms with Crippen LogP contribution < -0.4 is 10.6 Å². The summed E-state index contributed by atoms with van der Waals surface area (Å²) in [7, 11) is 0. The third kappa shape index (κ3) is 2.26. The highest BCUT2D eigenvalue weighted by Crippen LogP contribution is 2.36. The summed E-state index contributed by atoms with van der Waals surface area (Å²) in [5.41, 5.74) is 6.29. The molecular formula is C12H11BrFN3OS. The number of amides is 1. The number of nitrogens with zero attached hydrogens (tertiary/aromatic N) is 2. The maximum absolute atomic E-state index is 13.3. The number of hydrogen-bond acceptors (Lipinski definition) is 4. The van der Waals surface area contributed by atoms with Gasteiger partial charge in [0.2, 0.25) is 5.91 Å². The highest BCUT2D eigenvalue weighted by Gasteiger charge is 2.31. The zero-order chi connectivity index (χ0) is 13.6. The molecule has 1 fully saturated rings. The fourth-order valence-corrected chi connectivity index (χ4v) is 3.88. The predicted molar refractivity (Wildman–Crippen MR) is 76.8 cm³/mol. The summed E-state index contributed by atoms with van der Waals surface area (Å²) < 4.78 is 14.7. The molecule has 1 amide bonds. The number of benzene rings is 1. The van der Waals surface area contributed by atoms with E-state index in [0.29, 0.717) is 34.6 Å². The van der Waals surface area contributed by atoms with Gasteiger partial charge in [0.1, 0.15) is 5.82 Å². The number of carbonyl (C=O) groups excluding carboxylic acids is 1. The first-order valence-corrected chi connectivity index (χ1v) is 7.45. The van der Waals surface area contributed by atoms with Crippen LogP contribution in [-0.2, 0) is 4.79 Å². The molecule has 1 aromatic carbocycles. The van der Waals surface area contributed by atoms with Crippen molar-refractivity contribution in [2.45, 2.75) is 6.42 Å². The zero-order valence-electron chi connectivity index (χ0n) is 9.90. The molecule has 1 aromatic heterocycles. The predicted octanol–water partition coefficient (Wildman–Crippen LogP) is 2.51. The van der Waals surface area contributed by atoms with Gasteiger partial charge in [-0.1, -0.05) is 11.3 Å². The number of halogens is 2. The Morgan fingerprint density at radius 1 is 1.58 bits per heavy atom. The number of carbonyl (C=O) groups is 1. The van der Waals surface area contributed by atoms with E-state index >= 15 is 0 Å². The number of aromatic nitrogens is 1. The van der Waals surface area contributed by atoms with Gasteiger partial charge in [0.05, 0.1) is 10.2 Å². The van der Waals surface area contributed by atoms with Crippen LogP contribution in [0.3, 0.4) is 0 Å². The number of thiazole rings is 1. The molecule has 1 unspecified atom stereocenters. The SMILES string of the molecule is NCC1CC(=O)N(c2nc3c(Br)cc(F)cc3s2)C1. The summed E-state index contributed by atoms with van der Waals surface area (Å²) in [6.07, 6.45) is 0.460. The van der Waals surface area contributed by atoms with Gasteiger partial charge in [0, 0.05) is 17.4 Å². The van der Waals surface area contributed by atoms with Crippen LogP contribution in [-0.4, -0.2) is 24.0 Å². The summed E-state index contributed by atoms with van der Waals surface area (Å²) in [4.78, 5) is 18.0. The zero-order valence-corrected chi connectivity index (χ0v) is 12.3. The lowest BCUT2D eigenvalue weighted by Crippen LogP contribution is -2.25. The second-order valence-corrected chi connectivity index (χ2v) is 6.40. The Kier molecular flexibility index (Phi) is 3.28. The number of anilines is 1. The average Bonchev–Trinajstić information content (AvgIpc) is 2.92. The van der Waals surface area contributed by atoms with Crippen molar-refractivity contribution in [3.8, 4) is 0 Å². The highest BCUT2D eigenvalue weighted by atomic mass is 79.9. The fraction of sp³-hybridized carbons (Fsp3) is 0.333. The molecular weight excluding hydrogens is 333 g/mol. The normalized spacial score (nSPS) is 19.6. The molecule has 100 valence electrons. The molecule has 1 saturated heterocycles. The van der Waals surface area contributed by atoms with Gasteiger partial charge >= 0.3 is 0 Å². The van der Waals surface area contributed by atoms with E-state index in [1.54, 1.807) is 4.90 Å². The molecule has 0 radical (unpaired) electrons. The molecule has 4 nitrogen and oxygen atoms in total.